The van der Waals surface area contributed by atoms with E-state index in [-0.39, 0.29) is 0 Å². The fraction of sp³-hybridized carbons (Fsp3) is 0.385. The van der Waals surface area contributed by atoms with E-state index < -0.39 is 30.3 Å². The first-order chi connectivity index (χ1) is 14.9. The van der Waals surface area contributed by atoms with Crippen LogP contribution in [0.5, 0.6) is 0 Å². The van der Waals surface area contributed by atoms with E-state index in [9.17, 15) is 9.59 Å². The Labute approximate surface area is 190 Å². The standard InChI is InChI=1S/2C7H7.C4H4O4.2C4H9.Sn/c2*1-7-5-3-2-4-6-7;5-3(6)1-2-4(7)8;2*1-3-4-2;/h2*2-6H,1H2;1-2H,(H,5,6)(H,7,8);2*1,3-4H2,2H3;/b;;2-1-;;;. The monoisotopic (exact) mass is 532 g/mol. The Morgan fingerprint density at radius 2 is 1.06 bits per heavy atom. The Hall–Kier alpha value is -2.08. The number of hydrogen-bond acceptors (Lipinski definition) is 2. The summed E-state index contributed by atoms with van der Waals surface area (Å²) in [6, 6.07) is 22.6. The second-order valence-electron chi connectivity index (χ2n) is 8.04. The van der Waals surface area contributed by atoms with Crippen LogP contribution in [-0.4, -0.2) is 40.5 Å². The predicted octanol–water partition coefficient (Wildman–Crippen LogP) is 6.31. The number of carboxylic acids is 2. The van der Waals surface area contributed by atoms with Gasteiger partial charge in [0, 0.05) is 12.2 Å². The van der Waals surface area contributed by atoms with Gasteiger partial charge in [0.1, 0.15) is 0 Å². The number of aliphatic carboxylic acids is 2. The van der Waals surface area contributed by atoms with Crippen LogP contribution in [0.4, 0.5) is 0 Å². The van der Waals surface area contributed by atoms with Gasteiger partial charge >= 0.3 is 159 Å². The van der Waals surface area contributed by atoms with E-state index in [0.717, 1.165) is 0 Å². The van der Waals surface area contributed by atoms with Crippen LogP contribution in [0.15, 0.2) is 72.8 Å². The number of hydrogen-bond donors (Lipinski definition) is 2. The molecule has 5 heteroatoms. The van der Waals surface area contributed by atoms with Crippen LogP contribution in [0.1, 0.15) is 50.7 Å². The van der Waals surface area contributed by atoms with Gasteiger partial charge < -0.3 is 10.2 Å². The summed E-state index contributed by atoms with van der Waals surface area (Å²) in [6.07, 6.45) is 6.66. The van der Waals surface area contributed by atoms with Gasteiger partial charge in [-0.05, 0) is 0 Å². The van der Waals surface area contributed by atoms with Crippen LogP contribution in [0.2, 0.25) is 8.87 Å². The average Bonchev–Trinajstić information content (AvgIpc) is 2.77. The van der Waals surface area contributed by atoms with Crippen LogP contribution >= 0.6 is 0 Å². The maximum Gasteiger partial charge on any atom is 0.328 e. The van der Waals surface area contributed by atoms with Gasteiger partial charge in [-0.1, -0.05) is 0 Å². The third-order valence-electron chi connectivity index (χ3n) is 5.33. The molecule has 2 N–H and O–H groups in total. The first-order valence-electron chi connectivity index (χ1n) is 11.1. The zero-order valence-electron chi connectivity index (χ0n) is 18.8. The molecule has 0 saturated carbocycles. The number of carbonyl (C=O) groups is 2. The molecule has 168 valence electrons. The van der Waals surface area contributed by atoms with E-state index in [2.05, 4.69) is 74.5 Å². The summed E-state index contributed by atoms with van der Waals surface area (Å²) < 4.78 is 5.94. The van der Waals surface area contributed by atoms with Crippen molar-refractivity contribution in [2.45, 2.75) is 57.3 Å². The molecule has 0 saturated heterocycles. The van der Waals surface area contributed by atoms with E-state index in [4.69, 9.17) is 10.2 Å². The largest absolute Gasteiger partial charge is 0.478 e. The van der Waals surface area contributed by atoms with Crippen LogP contribution in [-0.2, 0) is 18.5 Å². The van der Waals surface area contributed by atoms with Gasteiger partial charge in [0.15, 0.2) is 0 Å². The number of benzene rings is 2. The van der Waals surface area contributed by atoms with Crippen LogP contribution in [0.3, 0.4) is 0 Å². The van der Waals surface area contributed by atoms with Crippen LogP contribution in [0.25, 0.3) is 0 Å². The minimum atomic E-state index is -2.21. The molecule has 0 atom stereocenters. The van der Waals surface area contributed by atoms with E-state index in [1.54, 1.807) is 20.0 Å². The van der Waals surface area contributed by atoms with Crippen molar-refractivity contribution in [2.24, 2.45) is 0 Å². The first kappa shape index (κ1) is 27.0. The van der Waals surface area contributed by atoms with Crippen LogP contribution in [0, 0.1) is 0 Å². The molecule has 0 unspecified atom stereocenters. The minimum absolute atomic E-state index is 0.558. The topological polar surface area (TPSA) is 74.6 Å². The molecular weight excluding hydrogens is 495 g/mol. The van der Waals surface area contributed by atoms with Crippen molar-refractivity contribution < 1.29 is 19.8 Å². The van der Waals surface area contributed by atoms with Gasteiger partial charge in [-0.2, -0.15) is 0 Å². The molecule has 0 heterocycles. The molecule has 2 aromatic carbocycles. The van der Waals surface area contributed by atoms with Crippen molar-refractivity contribution >= 4 is 30.3 Å². The molecule has 2 rings (SSSR count). The summed E-state index contributed by atoms with van der Waals surface area (Å²) >= 11 is -2.21. The molecule has 0 aliphatic carbocycles. The van der Waals surface area contributed by atoms with Crippen molar-refractivity contribution in [3.8, 4) is 0 Å². The smallest absolute Gasteiger partial charge is 0.328 e. The summed E-state index contributed by atoms with van der Waals surface area (Å²) in [5.74, 6) is -2.51. The molecule has 0 spiro atoms. The van der Waals surface area contributed by atoms with Crippen molar-refractivity contribution in [3.05, 3.63) is 83.9 Å². The SMILES string of the molecule is CCC[CH2][Sn]([CH2]CCC)([CH2]c1ccccc1)[CH2]c1ccccc1.O=C(O)/C=C\C(=O)O. The maximum absolute atomic E-state index is 9.55. The Bertz CT molecular complexity index is 720. The fourth-order valence-corrected chi connectivity index (χ4v) is 19.5. The van der Waals surface area contributed by atoms with Gasteiger partial charge in [0.05, 0.1) is 0 Å². The Balaban J connectivity index is 0.000000512. The molecule has 0 fully saturated rings. The second-order valence-corrected chi connectivity index (χ2v) is 21.5. The minimum Gasteiger partial charge on any atom is -0.478 e. The molecule has 4 nitrogen and oxygen atoms in total. The van der Waals surface area contributed by atoms with Crippen LogP contribution < -0.4 is 0 Å². The molecule has 31 heavy (non-hydrogen) atoms. The maximum atomic E-state index is 9.55. The van der Waals surface area contributed by atoms with E-state index in [1.807, 2.05) is 0 Å². The molecule has 0 aliphatic heterocycles. The molecule has 0 aromatic heterocycles. The summed E-state index contributed by atoms with van der Waals surface area (Å²) in [7, 11) is 0. The molecule has 2 aromatic rings. The van der Waals surface area contributed by atoms with E-state index in [0.29, 0.717) is 12.2 Å². The molecular formula is C26H36O4Sn. The zero-order valence-corrected chi connectivity index (χ0v) is 21.7. The Morgan fingerprint density at radius 3 is 1.35 bits per heavy atom. The number of carboxylic acid groups (broad SMARTS) is 2. The molecule has 0 aliphatic rings. The Morgan fingerprint density at radius 1 is 0.710 bits per heavy atom. The van der Waals surface area contributed by atoms with Gasteiger partial charge in [-0.25, -0.2) is 9.59 Å². The number of unbranched alkanes of at least 4 members (excludes halogenated alkanes) is 2. The molecule has 0 radical (unpaired) electrons. The van der Waals surface area contributed by atoms with Gasteiger partial charge in [0.2, 0.25) is 0 Å². The molecule has 0 bridgehead atoms. The third-order valence-corrected chi connectivity index (χ3v) is 20.0. The van der Waals surface area contributed by atoms with Crippen molar-refractivity contribution in [3.63, 3.8) is 0 Å². The van der Waals surface area contributed by atoms with Crippen molar-refractivity contribution in [1.29, 1.82) is 0 Å². The van der Waals surface area contributed by atoms with E-state index >= 15 is 0 Å². The zero-order chi connectivity index (χ0) is 23.0. The summed E-state index contributed by atoms with van der Waals surface area (Å²) in [6.45, 7) is 4.70. The third kappa shape index (κ3) is 12.4. The first-order valence-corrected chi connectivity index (χ1v) is 19.2. The fourth-order valence-electron chi connectivity index (χ4n) is 3.84. The summed E-state index contributed by atoms with van der Waals surface area (Å²) in [5, 5.41) is 15.6. The summed E-state index contributed by atoms with van der Waals surface area (Å²) in [5.41, 5.74) is 3.18. The summed E-state index contributed by atoms with van der Waals surface area (Å²) in [4.78, 5) is 19.1. The predicted molar refractivity (Wildman–Crippen MR) is 130 cm³/mol. The van der Waals surface area contributed by atoms with Crippen molar-refractivity contribution in [1.82, 2.24) is 0 Å². The normalized spacial score (nSPS) is 11.0. The quantitative estimate of drug-likeness (QED) is 0.249. The Kier molecular flexibility index (Phi) is 13.6. The second kappa shape index (κ2) is 15.7. The average molecular weight is 531 g/mol. The molecule has 0 amide bonds. The van der Waals surface area contributed by atoms with Gasteiger partial charge in [0.25, 0.3) is 0 Å². The van der Waals surface area contributed by atoms with E-state index in [1.165, 1.54) is 34.6 Å². The number of rotatable bonds is 12. The van der Waals surface area contributed by atoms with Crippen molar-refractivity contribution in [2.75, 3.05) is 0 Å². The van der Waals surface area contributed by atoms with Gasteiger partial charge in [-0.15, -0.1) is 0 Å². The van der Waals surface area contributed by atoms with Gasteiger partial charge in [-0.3, -0.25) is 0 Å².